The minimum absolute atomic E-state index is 0.0330. The summed E-state index contributed by atoms with van der Waals surface area (Å²) in [6, 6.07) is 0. The zero-order chi connectivity index (χ0) is 13.5. The van der Waals surface area contributed by atoms with Crippen LogP contribution in [-0.2, 0) is 9.53 Å². The number of carboxylic acid groups (broad SMARTS) is 1. The number of nitrogen functional groups attached to an aromatic ring is 1. The summed E-state index contributed by atoms with van der Waals surface area (Å²) in [7, 11) is 0. The summed E-state index contributed by atoms with van der Waals surface area (Å²) in [5, 5.41) is 17.7. The first-order valence-corrected chi connectivity index (χ1v) is 5.24. The maximum absolute atomic E-state index is 11.6. The van der Waals surface area contributed by atoms with Gasteiger partial charge in [0.05, 0.1) is 12.5 Å². The van der Waals surface area contributed by atoms with Gasteiger partial charge in [-0.3, -0.25) is 9.59 Å². The van der Waals surface area contributed by atoms with E-state index in [1.165, 1.54) is 0 Å². The van der Waals surface area contributed by atoms with Gasteiger partial charge in [0.15, 0.2) is 0 Å². The van der Waals surface area contributed by atoms with Gasteiger partial charge in [-0.1, -0.05) is 0 Å². The zero-order valence-electron chi connectivity index (χ0n) is 9.75. The molecule has 1 unspecified atom stereocenters. The number of hydrogen-bond acceptors (Lipinski definition) is 7. The van der Waals surface area contributed by atoms with Gasteiger partial charge in [-0.2, -0.15) is 0 Å². The van der Waals surface area contributed by atoms with Crippen molar-refractivity contribution in [3.05, 3.63) is 5.69 Å². The molecule has 0 spiro atoms. The summed E-state index contributed by atoms with van der Waals surface area (Å²) in [4.78, 5) is 22.1. The number of hydrogen-bond donors (Lipinski definition) is 3. The minimum Gasteiger partial charge on any atom is -0.481 e. The Hall–Kier alpha value is -2.16. The van der Waals surface area contributed by atoms with E-state index in [9.17, 15) is 9.59 Å². The monoisotopic (exact) mass is 258 g/mol. The second kappa shape index (κ2) is 6.55. The number of rotatable bonds is 7. The number of carboxylic acids is 1. The quantitative estimate of drug-likeness (QED) is 0.580. The van der Waals surface area contributed by atoms with Gasteiger partial charge in [0.25, 0.3) is 5.91 Å². The summed E-state index contributed by atoms with van der Waals surface area (Å²) in [5.74, 6) is -1.73. The Kier molecular flexibility index (Phi) is 5.06. The van der Waals surface area contributed by atoms with E-state index in [4.69, 9.17) is 15.6 Å². The highest BCUT2D eigenvalue weighted by atomic mass is 16.6. The van der Waals surface area contributed by atoms with Crippen LogP contribution in [0.2, 0.25) is 0 Å². The molecule has 0 radical (unpaired) electrons. The fourth-order valence-electron chi connectivity index (χ4n) is 1.26. The lowest BCUT2D eigenvalue weighted by molar-refractivity contribution is -0.140. The second-order valence-corrected chi connectivity index (χ2v) is 3.38. The Labute approximate surface area is 102 Å². The number of nitrogens with one attached hydrogen (secondary N) is 1. The predicted octanol–water partition coefficient (Wildman–Crippen LogP) is -0.739. The molecular formula is C9H14N4O5. The molecule has 0 bridgehead atoms. The van der Waals surface area contributed by atoms with E-state index in [1.807, 2.05) is 0 Å². The van der Waals surface area contributed by atoms with E-state index in [1.54, 1.807) is 6.92 Å². The average Bonchev–Trinajstić information content (AvgIpc) is 2.71. The minimum atomic E-state index is -1.01. The molecule has 1 aromatic heterocycles. The van der Waals surface area contributed by atoms with Gasteiger partial charge in [-0.05, 0) is 17.2 Å². The van der Waals surface area contributed by atoms with Crippen molar-refractivity contribution in [3.63, 3.8) is 0 Å². The number of ether oxygens (including phenoxy) is 1. The standard InChI is InChI=1S/C9H14N4O5/c1-2-17-5(3-6(14)15)4-11-9(16)7-8(10)13-18-12-7/h5H,2-4H2,1H3,(H2,10,13)(H,11,16)(H,14,15). The number of carbonyl (C=O) groups excluding carboxylic acids is 1. The number of amides is 1. The number of aliphatic carboxylic acids is 1. The Morgan fingerprint density at radius 1 is 1.56 bits per heavy atom. The van der Waals surface area contributed by atoms with Crippen LogP contribution in [-0.4, -0.2) is 46.6 Å². The van der Waals surface area contributed by atoms with Crippen molar-refractivity contribution in [2.45, 2.75) is 19.4 Å². The van der Waals surface area contributed by atoms with Crippen molar-refractivity contribution in [3.8, 4) is 0 Å². The van der Waals surface area contributed by atoms with E-state index in [-0.39, 0.29) is 24.5 Å². The van der Waals surface area contributed by atoms with Crippen molar-refractivity contribution in [1.82, 2.24) is 15.6 Å². The molecule has 4 N–H and O–H groups in total. The summed E-state index contributed by atoms with van der Waals surface area (Å²) >= 11 is 0. The van der Waals surface area contributed by atoms with Crippen molar-refractivity contribution in [1.29, 1.82) is 0 Å². The lowest BCUT2D eigenvalue weighted by atomic mass is 10.2. The van der Waals surface area contributed by atoms with E-state index >= 15 is 0 Å². The molecule has 0 aromatic carbocycles. The molecule has 1 heterocycles. The van der Waals surface area contributed by atoms with E-state index in [2.05, 4.69) is 20.3 Å². The van der Waals surface area contributed by atoms with Crippen LogP contribution >= 0.6 is 0 Å². The Balaban J connectivity index is 2.49. The van der Waals surface area contributed by atoms with E-state index in [0.29, 0.717) is 6.61 Å². The third-order valence-corrected chi connectivity index (χ3v) is 2.02. The van der Waals surface area contributed by atoms with Gasteiger partial charge >= 0.3 is 5.97 Å². The molecule has 9 nitrogen and oxygen atoms in total. The first-order valence-electron chi connectivity index (χ1n) is 5.24. The molecule has 0 aliphatic carbocycles. The number of aromatic nitrogens is 2. The maximum atomic E-state index is 11.6. The molecule has 1 aromatic rings. The van der Waals surface area contributed by atoms with E-state index < -0.39 is 18.0 Å². The molecule has 1 rings (SSSR count). The smallest absolute Gasteiger partial charge is 0.306 e. The van der Waals surface area contributed by atoms with Crippen LogP contribution in [0.4, 0.5) is 5.82 Å². The fraction of sp³-hybridized carbons (Fsp3) is 0.556. The first-order chi connectivity index (χ1) is 8.54. The summed E-state index contributed by atoms with van der Waals surface area (Å²) in [5.41, 5.74) is 5.20. The molecule has 100 valence electrons. The Morgan fingerprint density at radius 3 is 2.78 bits per heavy atom. The number of nitrogens with two attached hydrogens (primary N) is 1. The zero-order valence-corrected chi connectivity index (χ0v) is 9.75. The second-order valence-electron chi connectivity index (χ2n) is 3.38. The third-order valence-electron chi connectivity index (χ3n) is 2.02. The maximum Gasteiger partial charge on any atom is 0.306 e. The Bertz CT molecular complexity index is 419. The molecule has 1 amide bonds. The SMILES string of the molecule is CCOC(CNC(=O)c1nonc1N)CC(=O)O. The lowest BCUT2D eigenvalue weighted by Crippen LogP contribution is -2.35. The lowest BCUT2D eigenvalue weighted by Gasteiger charge is -2.15. The Morgan fingerprint density at radius 2 is 2.28 bits per heavy atom. The van der Waals surface area contributed by atoms with Crippen LogP contribution in [0.1, 0.15) is 23.8 Å². The largest absolute Gasteiger partial charge is 0.481 e. The summed E-state index contributed by atoms with van der Waals surface area (Å²) in [6.45, 7) is 2.11. The van der Waals surface area contributed by atoms with Crippen molar-refractivity contribution >= 4 is 17.7 Å². The molecule has 0 saturated carbocycles. The highest BCUT2D eigenvalue weighted by Crippen LogP contribution is 2.04. The van der Waals surface area contributed by atoms with E-state index in [0.717, 1.165) is 0 Å². The van der Waals surface area contributed by atoms with Gasteiger partial charge in [0.1, 0.15) is 0 Å². The molecule has 18 heavy (non-hydrogen) atoms. The number of anilines is 1. The number of nitrogens with zero attached hydrogens (tertiary/aromatic N) is 2. The molecule has 0 aliphatic heterocycles. The van der Waals surface area contributed by atoms with Gasteiger partial charge < -0.3 is 20.9 Å². The van der Waals surface area contributed by atoms with Gasteiger partial charge in [0.2, 0.25) is 11.5 Å². The molecule has 0 saturated heterocycles. The molecule has 0 aliphatic rings. The highest BCUT2D eigenvalue weighted by molar-refractivity contribution is 5.95. The van der Waals surface area contributed by atoms with Crippen molar-refractivity contribution < 1.29 is 24.1 Å². The van der Waals surface area contributed by atoms with Crippen molar-refractivity contribution in [2.75, 3.05) is 18.9 Å². The average molecular weight is 258 g/mol. The van der Waals surface area contributed by atoms with Crippen LogP contribution in [0, 0.1) is 0 Å². The topological polar surface area (TPSA) is 141 Å². The van der Waals surface area contributed by atoms with Crippen LogP contribution in [0.15, 0.2) is 4.63 Å². The van der Waals surface area contributed by atoms with Crippen LogP contribution in [0.5, 0.6) is 0 Å². The molecule has 9 heteroatoms. The molecule has 0 fully saturated rings. The first kappa shape index (κ1) is 13.9. The fourth-order valence-corrected chi connectivity index (χ4v) is 1.26. The highest BCUT2D eigenvalue weighted by Gasteiger charge is 2.19. The normalized spacial score (nSPS) is 12.1. The summed E-state index contributed by atoms with van der Waals surface area (Å²) in [6.07, 6.45) is -0.821. The molecule has 1 atom stereocenters. The number of carbonyl (C=O) groups is 2. The van der Waals surface area contributed by atoms with Gasteiger partial charge in [-0.25, -0.2) is 4.63 Å². The molecular weight excluding hydrogens is 244 g/mol. The predicted molar refractivity (Wildman–Crippen MR) is 58.7 cm³/mol. The van der Waals surface area contributed by atoms with Crippen LogP contribution < -0.4 is 11.1 Å². The van der Waals surface area contributed by atoms with Crippen LogP contribution in [0.3, 0.4) is 0 Å². The third kappa shape index (κ3) is 4.01. The summed E-state index contributed by atoms with van der Waals surface area (Å²) < 4.78 is 9.44. The van der Waals surface area contributed by atoms with Crippen LogP contribution in [0.25, 0.3) is 0 Å². The van der Waals surface area contributed by atoms with Gasteiger partial charge in [0, 0.05) is 13.2 Å². The van der Waals surface area contributed by atoms with Crippen molar-refractivity contribution in [2.24, 2.45) is 0 Å². The van der Waals surface area contributed by atoms with Gasteiger partial charge in [-0.15, -0.1) is 0 Å².